The number of piperidine rings is 2. The van der Waals surface area contributed by atoms with E-state index in [9.17, 15) is 14.4 Å². The summed E-state index contributed by atoms with van der Waals surface area (Å²) in [6.07, 6.45) is 5.55. The zero-order chi connectivity index (χ0) is 26.9. The largest absolute Gasteiger partial charge is 0.464 e. The number of unbranched alkanes of at least 4 members (excludes halogenated alkanes) is 1. The molecule has 3 aliphatic heterocycles. The summed E-state index contributed by atoms with van der Waals surface area (Å²) in [4.78, 5) is 50.8. The number of carbonyl (C=O) groups is 3. The average molecular weight is 529 g/mol. The molecule has 0 spiro atoms. The van der Waals surface area contributed by atoms with Crippen LogP contribution in [0.3, 0.4) is 0 Å². The summed E-state index contributed by atoms with van der Waals surface area (Å²) >= 11 is 0. The van der Waals surface area contributed by atoms with Gasteiger partial charge in [-0.1, -0.05) is 19.4 Å². The first kappa shape index (κ1) is 28.1. The Morgan fingerprint density at radius 3 is 2.47 bits per heavy atom. The molecule has 3 saturated heterocycles. The number of aromatic nitrogens is 1. The van der Waals surface area contributed by atoms with E-state index < -0.39 is 0 Å². The number of anilines is 1. The molecule has 1 N–H and O–H groups in total. The molecule has 3 aliphatic rings. The predicted octanol–water partition coefficient (Wildman–Crippen LogP) is 2.27. The van der Waals surface area contributed by atoms with Crippen LogP contribution >= 0.6 is 0 Å². The molecule has 10 nitrogen and oxygen atoms in total. The first-order chi connectivity index (χ1) is 18.4. The predicted molar refractivity (Wildman–Crippen MR) is 146 cm³/mol. The van der Waals surface area contributed by atoms with E-state index >= 15 is 0 Å². The molecule has 1 aromatic heterocycles. The van der Waals surface area contributed by atoms with E-state index in [2.05, 4.69) is 20.1 Å². The molecule has 3 amide bonds. The van der Waals surface area contributed by atoms with Crippen molar-refractivity contribution in [2.24, 2.45) is 5.92 Å². The fraction of sp³-hybridized carbons (Fsp3) is 0.714. The van der Waals surface area contributed by atoms with E-state index in [-0.39, 0.29) is 30.4 Å². The van der Waals surface area contributed by atoms with Gasteiger partial charge in [-0.3, -0.25) is 14.5 Å². The van der Waals surface area contributed by atoms with Crippen LogP contribution in [0.1, 0.15) is 51.1 Å². The minimum atomic E-state index is -0.390. The first-order valence-electron chi connectivity index (χ1n) is 14.3. The highest BCUT2D eigenvalue weighted by atomic mass is 16.5. The number of likely N-dealkylation sites (tertiary alicyclic amines) is 2. The van der Waals surface area contributed by atoms with Crippen molar-refractivity contribution in [3.63, 3.8) is 0 Å². The zero-order valence-corrected chi connectivity index (χ0v) is 23.1. The summed E-state index contributed by atoms with van der Waals surface area (Å²) in [6.45, 7) is 10.6. The molecule has 4 heterocycles. The third-order valence-corrected chi connectivity index (χ3v) is 8.00. The van der Waals surface area contributed by atoms with Crippen LogP contribution in [0.25, 0.3) is 0 Å². The highest BCUT2D eigenvalue weighted by Gasteiger charge is 2.35. The monoisotopic (exact) mass is 528 g/mol. The number of hydrogen-bond acceptors (Lipinski definition) is 7. The summed E-state index contributed by atoms with van der Waals surface area (Å²) in [7, 11) is 0. The average Bonchev–Trinajstić information content (AvgIpc) is 2.96. The zero-order valence-electron chi connectivity index (χ0n) is 23.1. The molecule has 38 heavy (non-hydrogen) atoms. The maximum absolute atomic E-state index is 13.4. The van der Waals surface area contributed by atoms with Crippen LogP contribution in [0, 0.1) is 12.8 Å². The van der Waals surface area contributed by atoms with Gasteiger partial charge in [-0.25, -0.2) is 9.78 Å². The number of nitrogens with one attached hydrogen (secondary N) is 1. The lowest BCUT2D eigenvalue weighted by Gasteiger charge is -2.43. The Bertz CT molecular complexity index is 943. The standard InChI is InChI=1S/C28H44N6O4/c1-3-4-19-38-26(35)20-29-28(37)33-13-10-24(11-14-33)34-12-6-8-23(21-34)27(36)32-17-15-31(16-18-32)25-9-5-7-22(2)30-25/h5,7,9,23-24H,3-4,6,8,10-21H2,1-2H3,(H,29,37). The third kappa shape index (κ3) is 7.58. The number of amides is 3. The topological polar surface area (TPSA) is 98.3 Å². The lowest BCUT2D eigenvalue weighted by atomic mass is 9.92. The smallest absolute Gasteiger partial charge is 0.325 e. The SMILES string of the molecule is CCCCOC(=O)CNC(=O)N1CCC(N2CCCC(C(=O)N3CCN(c4cccc(C)n4)CC3)C2)CC1. The molecular formula is C28H44N6O4. The Labute approximate surface area is 226 Å². The molecule has 1 unspecified atom stereocenters. The van der Waals surface area contributed by atoms with Crippen LogP contribution in [-0.4, -0.2) is 109 Å². The molecule has 0 bridgehead atoms. The Kier molecular flexibility index (Phi) is 10.2. The minimum absolute atomic E-state index is 0.0486. The van der Waals surface area contributed by atoms with Crippen LogP contribution < -0.4 is 10.2 Å². The van der Waals surface area contributed by atoms with Gasteiger partial charge in [0.2, 0.25) is 5.91 Å². The van der Waals surface area contributed by atoms with Gasteiger partial charge in [-0.15, -0.1) is 0 Å². The summed E-state index contributed by atoms with van der Waals surface area (Å²) < 4.78 is 5.10. The number of ether oxygens (including phenoxy) is 1. The second-order valence-electron chi connectivity index (χ2n) is 10.7. The Balaban J connectivity index is 1.18. The molecule has 10 heteroatoms. The van der Waals surface area contributed by atoms with Gasteiger partial charge in [0.25, 0.3) is 0 Å². The quantitative estimate of drug-likeness (QED) is 0.408. The second kappa shape index (κ2) is 13.8. The van der Waals surface area contributed by atoms with Crippen LogP contribution in [0.15, 0.2) is 18.2 Å². The fourth-order valence-corrected chi connectivity index (χ4v) is 5.73. The molecular weight excluding hydrogens is 484 g/mol. The molecule has 210 valence electrons. The van der Waals surface area contributed by atoms with Crippen molar-refractivity contribution in [3.05, 3.63) is 23.9 Å². The molecule has 1 atom stereocenters. The number of pyridine rings is 1. The van der Waals surface area contributed by atoms with E-state index in [0.29, 0.717) is 25.7 Å². The Morgan fingerprint density at radius 2 is 1.76 bits per heavy atom. The molecule has 0 aromatic carbocycles. The van der Waals surface area contributed by atoms with Crippen molar-refractivity contribution in [1.82, 2.24) is 25.0 Å². The lowest BCUT2D eigenvalue weighted by molar-refractivity contribution is -0.142. The van der Waals surface area contributed by atoms with Gasteiger partial charge in [-0.2, -0.15) is 0 Å². The van der Waals surface area contributed by atoms with Gasteiger partial charge in [-0.05, 0) is 57.7 Å². The molecule has 3 fully saturated rings. The molecule has 0 saturated carbocycles. The fourth-order valence-electron chi connectivity index (χ4n) is 5.73. The Hall–Kier alpha value is -2.88. The molecule has 0 aliphatic carbocycles. The van der Waals surface area contributed by atoms with Crippen molar-refractivity contribution in [2.45, 2.75) is 58.4 Å². The van der Waals surface area contributed by atoms with E-state index in [1.54, 1.807) is 4.90 Å². The Morgan fingerprint density at radius 1 is 1.00 bits per heavy atom. The van der Waals surface area contributed by atoms with Gasteiger partial charge in [0.15, 0.2) is 0 Å². The van der Waals surface area contributed by atoms with E-state index in [0.717, 1.165) is 89.3 Å². The summed E-state index contributed by atoms with van der Waals surface area (Å²) in [6, 6.07) is 6.26. The number of rotatable bonds is 8. The summed E-state index contributed by atoms with van der Waals surface area (Å²) in [5, 5.41) is 2.69. The first-order valence-corrected chi connectivity index (χ1v) is 14.3. The second-order valence-corrected chi connectivity index (χ2v) is 10.7. The van der Waals surface area contributed by atoms with Crippen molar-refractivity contribution in [1.29, 1.82) is 0 Å². The van der Waals surface area contributed by atoms with Crippen molar-refractivity contribution in [2.75, 3.05) is 70.4 Å². The van der Waals surface area contributed by atoms with Crippen LogP contribution in [-0.2, 0) is 14.3 Å². The van der Waals surface area contributed by atoms with Crippen LogP contribution in [0.5, 0.6) is 0 Å². The number of esters is 1. The number of aryl methyl sites for hydroxylation is 1. The van der Waals surface area contributed by atoms with Crippen molar-refractivity contribution < 1.29 is 19.1 Å². The van der Waals surface area contributed by atoms with Crippen LogP contribution in [0.4, 0.5) is 10.6 Å². The maximum Gasteiger partial charge on any atom is 0.325 e. The number of nitrogens with zero attached hydrogens (tertiary/aromatic N) is 5. The minimum Gasteiger partial charge on any atom is -0.464 e. The number of hydrogen-bond donors (Lipinski definition) is 1. The number of piperazine rings is 1. The molecule has 4 rings (SSSR count). The number of carbonyl (C=O) groups excluding carboxylic acids is 3. The van der Waals surface area contributed by atoms with Gasteiger partial charge in [0, 0.05) is 57.5 Å². The third-order valence-electron chi connectivity index (χ3n) is 8.00. The van der Waals surface area contributed by atoms with Crippen LogP contribution in [0.2, 0.25) is 0 Å². The summed E-state index contributed by atoms with van der Waals surface area (Å²) in [5.41, 5.74) is 1.01. The van der Waals surface area contributed by atoms with E-state index in [1.165, 1.54) is 0 Å². The van der Waals surface area contributed by atoms with Gasteiger partial charge in [0.1, 0.15) is 12.4 Å². The van der Waals surface area contributed by atoms with E-state index in [1.807, 2.05) is 36.9 Å². The lowest BCUT2D eigenvalue weighted by Crippen LogP contribution is -2.55. The van der Waals surface area contributed by atoms with E-state index in [4.69, 9.17) is 4.74 Å². The van der Waals surface area contributed by atoms with Crippen molar-refractivity contribution in [3.8, 4) is 0 Å². The van der Waals surface area contributed by atoms with Gasteiger partial charge in [0.05, 0.1) is 12.5 Å². The van der Waals surface area contributed by atoms with Gasteiger partial charge < -0.3 is 24.8 Å². The number of urea groups is 1. The normalized spacial score (nSPS) is 21.3. The highest BCUT2D eigenvalue weighted by molar-refractivity contribution is 5.81. The van der Waals surface area contributed by atoms with Crippen molar-refractivity contribution >= 4 is 23.7 Å². The maximum atomic E-state index is 13.4. The van der Waals surface area contributed by atoms with Gasteiger partial charge >= 0.3 is 12.0 Å². The molecule has 1 aromatic rings. The molecule has 0 radical (unpaired) electrons. The summed E-state index contributed by atoms with van der Waals surface area (Å²) in [5.74, 6) is 0.938. The highest BCUT2D eigenvalue weighted by Crippen LogP contribution is 2.26.